The van der Waals surface area contributed by atoms with Crippen LogP contribution in [0.5, 0.6) is 0 Å². The Kier molecular flexibility index (Phi) is 4.53. The van der Waals surface area contributed by atoms with E-state index in [2.05, 4.69) is 34.6 Å². The molecule has 1 N–H and O–H groups in total. The smallest absolute Gasteiger partial charge is 0.222 e. The van der Waals surface area contributed by atoms with Crippen molar-refractivity contribution in [3.63, 3.8) is 0 Å². The molecule has 2 heterocycles. The summed E-state index contributed by atoms with van der Waals surface area (Å²) in [4.78, 5) is 17.7. The number of aromatic nitrogens is 1. The lowest BCUT2D eigenvalue weighted by atomic mass is 10.1. The maximum atomic E-state index is 11.6. The average Bonchev–Trinajstić information content (AvgIpc) is 2.99. The first kappa shape index (κ1) is 15.0. The molecule has 1 saturated heterocycles. The third-order valence-electron chi connectivity index (χ3n) is 3.93. The fraction of sp³-hybridized carbons (Fsp3) is 0.278. The van der Waals surface area contributed by atoms with Crippen LogP contribution in [-0.4, -0.2) is 22.3 Å². The molecule has 1 aromatic heterocycles. The zero-order valence-corrected chi connectivity index (χ0v) is 12.8. The number of amides is 1. The molecule has 1 aromatic carbocycles. The van der Waals surface area contributed by atoms with Crippen LogP contribution in [0.25, 0.3) is 0 Å². The van der Waals surface area contributed by atoms with E-state index in [1.807, 2.05) is 11.0 Å². The molecule has 1 fully saturated rings. The Balaban J connectivity index is 1.54. The molecular formula is C18H18N4O. The Bertz CT molecular complexity index is 716. The molecular weight excluding hydrogens is 288 g/mol. The molecule has 1 aliphatic rings. The van der Waals surface area contributed by atoms with Gasteiger partial charge in [0, 0.05) is 32.3 Å². The summed E-state index contributed by atoms with van der Waals surface area (Å²) in [5, 5.41) is 12.0. The number of benzene rings is 1. The van der Waals surface area contributed by atoms with Crippen LogP contribution in [0.2, 0.25) is 0 Å². The summed E-state index contributed by atoms with van der Waals surface area (Å²) < 4.78 is 0. The number of hydrogen-bond donors (Lipinski definition) is 1. The monoisotopic (exact) mass is 306 g/mol. The van der Waals surface area contributed by atoms with Crippen molar-refractivity contribution in [2.24, 2.45) is 0 Å². The molecule has 0 spiro atoms. The number of likely N-dealkylation sites (tertiary alicyclic amines) is 1. The van der Waals surface area contributed by atoms with Gasteiger partial charge in [-0.3, -0.25) is 4.79 Å². The van der Waals surface area contributed by atoms with Crippen molar-refractivity contribution in [3.8, 4) is 6.07 Å². The molecule has 2 aromatic rings. The molecule has 0 bridgehead atoms. The molecule has 23 heavy (non-hydrogen) atoms. The first-order valence-electron chi connectivity index (χ1n) is 7.70. The summed E-state index contributed by atoms with van der Waals surface area (Å²) in [5.74, 6) is 0.998. The van der Waals surface area contributed by atoms with Crippen LogP contribution in [0.1, 0.15) is 29.5 Å². The Morgan fingerprint density at radius 2 is 1.96 bits per heavy atom. The van der Waals surface area contributed by atoms with Crippen molar-refractivity contribution >= 4 is 11.7 Å². The molecule has 1 aliphatic heterocycles. The molecule has 116 valence electrons. The first-order chi connectivity index (χ1) is 11.2. The fourth-order valence-corrected chi connectivity index (χ4v) is 2.61. The van der Waals surface area contributed by atoms with Gasteiger partial charge in [-0.2, -0.15) is 5.26 Å². The summed E-state index contributed by atoms with van der Waals surface area (Å²) in [6.07, 6.45) is 3.20. The van der Waals surface area contributed by atoms with Crippen LogP contribution >= 0.6 is 0 Å². The molecule has 5 heteroatoms. The van der Waals surface area contributed by atoms with Gasteiger partial charge in [-0.15, -0.1) is 0 Å². The first-order valence-corrected chi connectivity index (χ1v) is 7.70. The van der Waals surface area contributed by atoms with Gasteiger partial charge < -0.3 is 10.2 Å². The maximum absolute atomic E-state index is 11.6. The predicted octanol–water partition coefficient (Wildman–Crippen LogP) is 2.69. The third-order valence-corrected chi connectivity index (χ3v) is 3.93. The van der Waals surface area contributed by atoms with Crippen LogP contribution in [0.3, 0.4) is 0 Å². The van der Waals surface area contributed by atoms with Crippen molar-refractivity contribution in [2.75, 3.05) is 11.9 Å². The van der Waals surface area contributed by atoms with Gasteiger partial charge in [0.05, 0.1) is 5.56 Å². The van der Waals surface area contributed by atoms with Gasteiger partial charge in [-0.25, -0.2) is 4.98 Å². The minimum Gasteiger partial charge on any atom is -0.366 e. The highest BCUT2D eigenvalue weighted by Gasteiger charge is 2.19. The minimum atomic E-state index is 0.252. The van der Waals surface area contributed by atoms with Gasteiger partial charge in [0.1, 0.15) is 11.9 Å². The summed E-state index contributed by atoms with van der Waals surface area (Å²) in [7, 11) is 0. The van der Waals surface area contributed by atoms with Crippen molar-refractivity contribution < 1.29 is 4.79 Å². The van der Waals surface area contributed by atoms with Crippen LogP contribution in [0.4, 0.5) is 5.82 Å². The fourth-order valence-electron chi connectivity index (χ4n) is 2.61. The number of nitriles is 1. The molecule has 3 rings (SSSR count). The number of rotatable bonds is 5. The third kappa shape index (κ3) is 3.86. The molecule has 0 aliphatic carbocycles. The van der Waals surface area contributed by atoms with Crippen LogP contribution in [-0.2, 0) is 17.9 Å². The van der Waals surface area contributed by atoms with E-state index in [-0.39, 0.29) is 5.91 Å². The maximum Gasteiger partial charge on any atom is 0.222 e. The Morgan fingerprint density at radius 1 is 1.17 bits per heavy atom. The summed E-state index contributed by atoms with van der Waals surface area (Å²) in [5.41, 5.74) is 2.85. The van der Waals surface area contributed by atoms with Gasteiger partial charge in [-0.05, 0) is 29.7 Å². The van der Waals surface area contributed by atoms with E-state index in [1.165, 1.54) is 0 Å². The minimum absolute atomic E-state index is 0.252. The van der Waals surface area contributed by atoms with E-state index in [9.17, 15) is 4.79 Å². The molecule has 0 radical (unpaired) electrons. The zero-order valence-electron chi connectivity index (χ0n) is 12.8. The number of pyridine rings is 1. The van der Waals surface area contributed by atoms with Crippen molar-refractivity contribution in [3.05, 3.63) is 59.3 Å². The summed E-state index contributed by atoms with van der Waals surface area (Å²) in [6, 6.07) is 13.8. The quantitative estimate of drug-likeness (QED) is 0.922. The van der Waals surface area contributed by atoms with E-state index in [1.54, 1.807) is 18.3 Å². The van der Waals surface area contributed by atoms with E-state index < -0.39 is 0 Å². The number of anilines is 1. The molecule has 0 unspecified atom stereocenters. The largest absolute Gasteiger partial charge is 0.366 e. The van der Waals surface area contributed by atoms with Crippen LogP contribution < -0.4 is 5.32 Å². The number of hydrogen-bond acceptors (Lipinski definition) is 4. The standard InChI is InChI=1S/C18H18N4O/c19-10-16-7-8-17(21-12-16)20-11-14-3-5-15(6-4-14)13-22-9-1-2-18(22)23/h3-8,12H,1-2,9,11,13H2,(H,20,21). The second-order valence-electron chi connectivity index (χ2n) is 5.63. The van der Waals surface area contributed by atoms with E-state index in [4.69, 9.17) is 5.26 Å². The van der Waals surface area contributed by atoms with Gasteiger partial charge in [0.15, 0.2) is 0 Å². The van der Waals surface area contributed by atoms with Crippen LogP contribution in [0.15, 0.2) is 42.6 Å². The zero-order chi connectivity index (χ0) is 16.1. The molecule has 0 saturated carbocycles. The predicted molar refractivity (Wildman–Crippen MR) is 87.4 cm³/mol. The van der Waals surface area contributed by atoms with Gasteiger partial charge >= 0.3 is 0 Å². The highest BCUT2D eigenvalue weighted by atomic mass is 16.2. The molecule has 1 amide bonds. The molecule has 0 atom stereocenters. The lowest BCUT2D eigenvalue weighted by Gasteiger charge is -2.15. The Morgan fingerprint density at radius 3 is 2.57 bits per heavy atom. The van der Waals surface area contributed by atoms with Crippen LogP contribution in [0, 0.1) is 11.3 Å². The Labute approximate surface area is 135 Å². The lowest BCUT2D eigenvalue weighted by molar-refractivity contribution is -0.128. The van der Waals surface area contributed by atoms with E-state index in [0.717, 1.165) is 29.9 Å². The van der Waals surface area contributed by atoms with Crippen molar-refractivity contribution in [1.29, 1.82) is 5.26 Å². The topological polar surface area (TPSA) is 69.0 Å². The van der Waals surface area contributed by atoms with E-state index >= 15 is 0 Å². The second-order valence-corrected chi connectivity index (χ2v) is 5.63. The van der Waals surface area contributed by atoms with Crippen molar-refractivity contribution in [1.82, 2.24) is 9.88 Å². The number of carbonyl (C=O) groups excluding carboxylic acids is 1. The highest BCUT2D eigenvalue weighted by molar-refractivity contribution is 5.78. The molecule has 5 nitrogen and oxygen atoms in total. The number of nitrogens with one attached hydrogen (secondary N) is 1. The Hall–Kier alpha value is -2.87. The van der Waals surface area contributed by atoms with Gasteiger partial charge in [-0.1, -0.05) is 24.3 Å². The van der Waals surface area contributed by atoms with Gasteiger partial charge in [0.25, 0.3) is 0 Å². The number of nitrogens with zero attached hydrogens (tertiary/aromatic N) is 3. The number of carbonyl (C=O) groups is 1. The van der Waals surface area contributed by atoms with Gasteiger partial charge in [0.2, 0.25) is 5.91 Å². The van der Waals surface area contributed by atoms with E-state index in [0.29, 0.717) is 25.1 Å². The van der Waals surface area contributed by atoms with Crippen molar-refractivity contribution in [2.45, 2.75) is 25.9 Å². The SMILES string of the molecule is N#Cc1ccc(NCc2ccc(CN3CCCC3=O)cc2)nc1. The lowest BCUT2D eigenvalue weighted by Crippen LogP contribution is -2.23. The normalized spacial score (nSPS) is 13.9. The highest BCUT2D eigenvalue weighted by Crippen LogP contribution is 2.15. The average molecular weight is 306 g/mol. The summed E-state index contributed by atoms with van der Waals surface area (Å²) in [6.45, 7) is 2.23. The second kappa shape index (κ2) is 6.93. The summed E-state index contributed by atoms with van der Waals surface area (Å²) >= 11 is 0.